The van der Waals surface area contributed by atoms with E-state index in [1.807, 2.05) is 43.3 Å². The number of esters is 1. The number of carbonyl (C=O) groups is 1. The number of rotatable bonds is 10. The summed E-state index contributed by atoms with van der Waals surface area (Å²) in [4.78, 5) is 22.7. The van der Waals surface area contributed by atoms with Crippen LogP contribution < -0.4 is 14.8 Å². The van der Waals surface area contributed by atoms with Crippen molar-refractivity contribution in [3.05, 3.63) is 47.2 Å². The summed E-state index contributed by atoms with van der Waals surface area (Å²) < 4.78 is 17.8. The van der Waals surface area contributed by atoms with Crippen LogP contribution in [-0.4, -0.2) is 60.8 Å². The Hall–Kier alpha value is -2.91. The summed E-state index contributed by atoms with van der Waals surface area (Å²) in [5.41, 5.74) is 1.70. The number of hydrogen-bond donors (Lipinski definition) is 1. The van der Waals surface area contributed by atoms with Crippen molar-refractivity contribution in [2.45, 2.75) is 26.2 Å². The van der Waals surface area contributed by atoms with E-state index in [1.54, 1.807) is 7.11 Å². The van der Waals surface area contributed by atoms with Crippen molar-refractivity contribution in [2.24, 2.45) is 5.92 Å². The Labute approximate surface area is 214 Å². The largest absolute Gasteiger partial charge is 0.493 e. The Balaban J connectivity index is 1.38. The first-order chi connectivity index (χ1) is 17.1. The summed E-state index contributed by atoms with van der Waals surface area (Å²) in [6.07, 6.45) is 4.58. The number of hydrogen-bond acceptors (Lipinski definition) is 8. The van der Waals surface area contributed by atoms with Crippen molar-refractivity contribution in [3.63, 3.8) is 0 Å². The van der Waals surface area contributed by atoms with Gasteiger partial charge in [-0.1, -0.05) is 22.0 Å². The highest BCUT2D eigenvalue weighted by molar-refractivity contribution is 9.10. The van der Waals surface area contributed by atoms with Gasteiger partial charge in [0.1, 0.15) is 12.1 Å². The van der Waals surface area contributed by atoms with Gasteiger partial charge < -0.3 is 19.5 Å². The summed E-state index contributed by atoms with van der Waals surface area (Å²) in [5, 5.41) is 4.23. The fourth-order valence-corrected chi connectivity index (χ4v) is 4.70. The molecule has 1 fully saturated rings. The Morgan fingerprint density at radius 1 is 1.17 bits per heavy atom. The van der Waals surface area contributed by atoms with Crippen LogP contribution in [0.5, 0.6) is 11.5 Å². The predicted molar refractivity (Wildman–Crippen MR) is 139 cm³/mol. The first kappa shape index (κ1) is 25.2. The van der Waals surface area contributed by atoms with Gasteiger partial charge in [-0.3, -0.25) is 9.69 Å². The fraction of sp³-hybridized carbons (Fsp3) is 0.423. The van der Waals surface area contributed by atoms with Gasteiger partial charge in [-0.2, -0.15) is 0 Å². The average Bonchev–Trinajstić information content (AvgIpc) is 2.85. The molecule has 1 aromatic heterocycles. The molecule has 0 atom stereocenters. The van der Waals surface area contributed by atoms with E-state index in [9.17, 15) is 4.79 Å². The van der Waals surface area contributed by atoms with E-state index in [2.05, 4.69) is 36.1 Å². The van der Waals surface area contributed by atoms with Gasteiger partial charge in [0.05, 0.1) is 32.4 Å². The van der Waals surface area contributed by atoms with Gasteiger partial charge >= 0.3 is 5.97 Å². The third-order valence-corrected chi connectivity index (χ3v) is 6.65. The summed E-state index contributed by atoms with van der Waals surface area (Å²) in [7, 11) is 1.63. The molecule has 8 nitrogen and oxygen atoms in total. The number of nitrogens with one attached hydrogen (secondary N) is 1. The molecule has 1 aliphatic heterocycles. The number of likely N-dealkylation sites (tertiary alicyclic amines) is 1. The van der Waals surface area contributed by atoms with Crippen LogP contribution in [0.15, 0.2) is 47.2 Å². The van der Waals surface area contributed by atoms with Crippen LogP contribution in [0.3, 0.4) is 0 Å². The minimum Gasteiger partial charge on any atom is -0.493 e. The molecule has 9 heteroatoms. The molecule has 186 valence electrons. The quantitative estimate of drug-likeness (QED) is 0.350. The van der Waals surface area contributed by atoms with Crippen LogP contribution in [0.25, 0.3) is 10.9 Å². The molecular weight excluding hydrogens is 512 g/mol. The smallest absolute Gasteiger partial charge is 0.320 e. The van der Waals surface area contributed by atoms with Crippen LogP contribution in [0.1, 0.15) is 26.2 Å². The normalized spacial score (nSPS) is 14.6. The van der Waals surface area contributed by atoms with E-state index in [4.69, 9.17) is 14.2 Å². The number of fused-ring (bicyclic) bond motifs is 1. The summed E-state index contributed by atoms with van der Waals surface area (Å²) in [6, 6.07) is 11.7. The molecule has 4 rings (SSSR count). The highest BCUT2D eigenvalue weighted by atomic mass is 79.9. The van der Waals surface area contributed by atoms with Gasteiger partial charge in [-0.15, -0.1) is 0 Å². The van der Waals surface area contributed by atoms with Gasteiger partial charge in [-0.05, 0) is 69.5 Å². The van der Waals surface area contributed by atoms with Gasteiger partial charge in [0.25, 0.3) is 0 Å². The molecule has 2 heterocycles. The van der Waals surface area contributed by atoms with Crippen LogP contribution >= 0.6 is 15.9 Å². The molecule has 0 bridgehead atoms. The minimum atomic E-state index is -0.143. The number of methoxy groups -OCH3 is 1. The van der Waals surface area contributed by atoms with Crippen molar-refractivity contribution in [3.8, 4) is 11.5 Å². The molecule has 0 unspecified atom stereocenters. The molecule has 3 aromatic rings. The van der Waals surface area contributed by atoms with Crippen molar-refractivity contribution in [1.29, 1.82) is 0 Å². The molecule has 35 heavy (non-hydrogen) atoms. The van der Waals surface area contributed by atoms with E-state index in [0.29, 0.717) is 43.0 Å². The molecule has 0 spiro atoms. The summed E-state index contributed by atoms with van der Waals surface area (Å²) in [6.45, 7) is 5.05. The summed E-state index contributed by atoms with van der Waals surface area (Å²) >= 11 is 3.50. The standard InChI is InChI=1S/C26H31BrN4O4/c1-3-34-25(32)16-31-10-7-18(8-11-31)9-12-35-24-14-21-22(15-23(24)33-2)28-17-29-26(21)30-20-6-4-5-19(27)13-20/h4-6,13-15,17-18H,3,7-12,16H2,1-2H3,(H,28,29,30). The van der Waals surface area contributed by atoms with Crippen molar-refractivity contribution >= 4 is 44.3 Å². The lowest BCUT2D eigenvalue weighted by molar-refractivity contribution is -0.144. The van der Waals surface area contributed by atoms with Gasteiger partial charge in [0.15, 0.2) is 11.5 Å². The number of halogens is 1. The maximum atomic E-state index is 11.7. The molecule has 1 saturated heterocycles. The first-order valence-electron chi connectivity index (χ1n) is 11.9. The molecule has 0 aliphatic carbocycles. The lowest BCUT2D eigenvalue weighted by atomic mass is 9.94. The third-order valence-electron chi connectivity index (χ3n) is 6.16. The zero-order chi connectivity index (χ0) is 24.6. The molecule has 1 N–H and O–H groups in total. The maximum absolute atomic E-state index is 11.7. The van der Waals surface area contributed by atoms with Crippen molar-refractivity contribution < 1.29 is 19.0 Å². The Kier molecular flexibility index (Phi) is 8.76. The predicted octanol–water partition coefficient (Wildman–Crippen LogP) is 5.19. The average molecular weight is 543 g/mol. The first-order valence-corrected chi connectivity index (χ1v) is 12.7. The second kappa shape index (κ2) is 12.2. The molecule has 2 aromatic carbocycles. The van der Waals surface area contributed by atoms with Crippen LogP contribution in [0.2, 0.25) is 0 Å². The fourth-order valence-electron chi connectivity index (χ4n) is 4.30. The summed E-state index contributed by atoms with van der Waals surface area (Å²) in [5.74, 6) is 2.45. The number of carbonyl (C=O) groups excluding carboxylic acids is 1. The number of anilines is 2. The van der Waals surface area contributed by atoms with Gasteiger partial charge in [0, 0.05) is 21.6 Å². The highest BCUT2D eigenvalue weighted by Gasteiger charge is 2.21. The Morgan fingerprint density at radius 3 is 2.74 bits per heavy atom. The van der Waals surface area contributed by atoms with Crippen LogP contribution in [0.4, 0.5) is 11.5 Å². The van der Waals surface area contributed by atoms with Crippen LogP contribution in [0, 0.1) is 5.92 Å². The monoisotopic (exact) mass is 542 g/mol. The number of ether oxygens (including phenoxy) is 3. The maximum Gasteiger partial charge on any atom is 0.320 e. The SMILES string of the molecule is CCOC(=O)CN1CCC(CCOc2cc3c(Nc4cccc(Br)c4)ncnc3cc2OC)CC1. The lowest BCUT2D eigenvalue weighted by Crippen LogP contribution is -2.38. The van der Waals surface area contributed by atoms with E-state index in [1.165, 1.54) is 6.33 Å². The van der Waals surface area contributed by atoms with Crippen molar-refractivity contribution in [2.75, 3.05) is 45.3 Å². The number of piperidine rings is 1. The molecule has 0 amide bonds. The molecule has 0 saturated carbocycles. The van der Waals surface area contributed by atoms with Gasteiger partial charge in [-0.25, -0.2) is 9.97 Å². The highest BCUT2D eigenvalue weighted by Crippen LogP contribution is 2.35. The van der Waals surface area contributed by atoms with Crippen molar-refractivity contribution in [1.82, 2.24) is 14.9 Å². The second-order valence-corrected chi connectivity index (χ2v) is 9.46. The number of nitrogens with zero attached hydrogens (tertiary/aromatic N) is 3. The van der Waals surface area contributed by atoms with Gasteiger partial charge in [0.2, 0.25) is 0 Å². The number of benzene rings is 2. The Morgan fingerprint density at radius 2 is 2.00 bits per heavy atom. The van der Waals surface area contributed by atoms with Crippen LogP contribution in [-0.2, 0) is 9.53 Å². The van der Waals surface area contributed by atoms with E-state index >= 15 is 0 Å². The minimum absolute atomic E-state index is 0.143. The Bertz CT molecular complexity index is 1150. The zero-order valence-electron chi connectivity index (χ0n) is 20.1. The van der Waals surface area contributed by atoms with E-state index < -0.39 is 0 Å². The van der Waals surface area contributed by atoms with E-state index in [0.717, 1.165) is 53.4 Å². The lowest BCUT2D eigenvalue weighted by Gasteiger charge is -2.31. The molecule has 1 aliphatic rings. The zero-order valence-corrected chi connectivity index (χ0v) is 21.7. The topological polar surface area (TPSA) is 85.8 Å². The molecule has 0 radical (unpaired) electrons. The number of aromatic nitrogens is 2. The third kappa shape index (κ3) is 6.82. The molecular formula is C26H31BrN4O4. The second-order valence-electron chi connectivity index (χ2n) is 8.54. The van der Waals surface area contributed by atoms with E-state index in [-0.39, 0.29) is 5.97 Å².